The van der Waals surface area contributed by atoms with Gasteiger partial charge in [0.15, 0.2) is 0 Å². The minimum absolute atomic E-state index is 0.897. The Hall–Kier alpha value is -6.68. The van der Waals surface area contributed by atoms with E-state index in [9.17, 15) is 0 Å². The Morgan fingerprint density at radius 2 is 1.04 bits per heavy atom. The summed E-state index contributed by atoms with van der Waals surface area (Å²) < 4.78 is 9.10. The Morgan fingerprint density at radius 3 is 1.92 bits per heavy atom. The van der Waals surface area contributed by atoms with Gasteiger partial charge in [0.1, 0.15) is 11.2 Å². The molecule has 11 rings (SSSR count). The second kappa shape index (κ2) is 11.9. The molecule has 2 aromatic heterocycles. The molecule has 11 aromatic rings. The summed E-state index contributed by atoms with van der Waals surface area (Å²) in [6.07, 6.45) is 0. The molecule has 0 aliphatic rings. The fourth-order valence-corrected chi connectivity index (χ4v) is 9.22. The Bertz CT molecular complexity index is 3180. The first kappa shape index (κ1) is 30.0. The summed E-state index contributed by atoms with van der Waals surface area (Å²) in [5.74, 6) is 0. The van der Waals surface area contributed by atoms with Crippen LogP contribution in [-0.4, -0.2) is 0 Å². The average Bonchev–Trinajstić information content (AvgIpc) is 3.79. The van der Waals surface area contributed by atoms with E-state index in [1.807, 2.05) is 11.3 Å². The lowest BCUT2D eigenvalue weighted by atomic mass is 9.97. The summed E-state index contributed by atoms with van der Waals surface area (Å²) in [7, 11) is 0. The number of thiophene rings is 1. The third kappa shape index (κ3) is 4.86. The molecule has 0 N–H and O–H groups in total. The highest BCUT2D eigenvalue weighted by Gasteiger charge is 2.20. The number of para-hydroxylation sites is 1. The van der Waals surface area contributed by atoms with Crippen molar-refractivity contribution in [3.05, 3.63) is 188 Å². The van der Waals surface area contributed by atoms with Gasteiger partial charge in [-0.05, 0) is 93.5 Å². The molecule has 0 fully saturated rings. The first-order chi connectivity index (χ1) is 26.3. The van der Waals surface area contributed by atoms with Gasteiger partial charge in [0.2, 0.25) is 0 Å². The van der Waals surface area contributed by atoms with Crippen LogP contribution in [0.5, 0.6) is 0 Å². The predicted octanol–water partition coefficient (Wildman–Crippen LogP) is 15.1. The van der Waals surface area contributed by atoms with E-state index >= 15 is 0 Å². The van der Waals surface area contributed by atoms with E-state index in [2.05, 4.69) is 193 Å². The zero-order chi connectivity index (χ0) is 34.9. The molecular weight excluding hydrogens is 663 g/mol. The van der Waals surface area contributed by atoms with Crippen LogP contribution in [0, 0.1) is 0 Å². The zero-order valence-electron chi connectivity index (χ0n) is 28.7. The van der Waals surface area contributed by atoms with E-state index in [0.29, 0.717) is 0 Å². The molecule has 3 heteroatoms. The molecule has 0 spiro atoms. The topological polar surface area (TPSA) is 16.4 Å². The van der Waals surface area contributed by atoms with E-state index in [1.54, 1.807) is 0 Å². The molecule has 2 nitrogen and oxygen atoms in total. The largest absolute Gasteiger partial charge is 0.455 e. The van der Waals surface area contributed by atoms with Crippen LogP contribution in [0.4, 0.5) is 17.1 Å². The van der Waals surface area contributed by atoms with Crippen molar-refractivity contribution in [3.63, 3.8) is 0 Å². The highest BCUT2D eigenvalue weighted by Crippen LogP contribution is 2.45. The standard InChI is InChI=1S/C50H31NOS/c1-3-13-38-32(10-1)12-9-17-39(38)34-20-24-36(25-21-34)51(37-26-29-49-45(31-37)42-16-6-8-19-48(42)53-49)46-18-7-5-14-40(46)35-23-28-47-44(30-35)43-27-22-33-11-2-4-15-41(33)50(43)52-47/h1-31H. The highest BCUT2D eigenvalue weighted by molar-refractivity contribution is 7.25. The van der Waals surface area contributed by atoms with Crippen molar-refractivity contribution in [2.45, 2.75) is 0 Å². The van der Waals surface area contributed by atoms with Crippen LogP contribution >= 0.6 is 11.3 Å². The molecule has 0 bridgehead atoms. The molecule has 2 heterocycles. The van der Waals surface area contributed by atoms with E-state index < -0.39 is 0 Å². The smallest absolute Gasteiger partial charge is 0.143 e. The number of hydrogen-bond acceptors (Lipinski definition) is 3. The molecule has 0 radical (unpaired) electrons. The second-order valence-corrected chi connectivity index (χ2v) is 14.8. The van der Waals surface area contributed by atoms with Crippen molar-refractivity contribution in [1.29, 1.82) is 0 Å². The Labute approximate surface area is 310 Å². The maximum absolute atomic E-state index is 6.51. The minimum atomic E-state index is 0.897. The monoisotopic (exact) mass is 693 g/mol. The van der Waals surface area contributed by atoms with Crippen molar-refractivity contribution in [3.8, 4) is 22.3 Å². The number of fused-ring (bicyclic) bond motifs is 9. The highest BCUT2D eigenvalue weighted by atomic mass is 32.1. The summed E-state index contributed by atoms with van der Waals surface area (Å²) in [4.78, 5) is 2.42. The quantitative estimate of drug-likeness (QED) is 0.178. The van der Waals surface area contributed by atoms with Crippen LogP contribution in [0.25, 0.3) is 85.9 Å². The molecule has 0 saturated carbocycles. The molecule has 0 aliphatic heterocycles. The normalized spacial score (nSPS) is 11.8. The lowest BCUT2D eigenvalue weighted by Crippen LogP contribution is -2.11. The summed E-state index contributed by atoms with van der Waals surface area (Å²) in [5.41, 5.74) is 9.89. The van der Waals surface area contributed by atoms with Gasteiger partial charge in [-0.15, -0.1) is 11.3 Å². The van der Waals surface area contributed by atoms with Crippen LogP contribution in [-0.2, 0) is 0 Å². The van der Waals surface area contributed by atoms with Gasteiger partial charge in [-0.25, -0.2) is 0 Å². The van der Waals surface area contributed by atoms with Crippen LogP contribution in [0.15, 0.2) is 192 Å². The van der Waals surface area contributed by atoms with Gasteiger partial charge in [0.25, 0.3) is 0 Å². The number of rotatable bonds is 5. The van der Waals surface area contributed by atoms with E-state index in [0.717, 1.165) is 55.5 Å². The number of benzene rings is 9. The molecule has 0 aliphatic carbocycles. The first-order valence-electron chi connectivity index (χ1n) is 18.0. The summed E-state index contributed by atoms with van der Waals surface area (Å²) >= 11 is 1.85. The van der Waals surface area contributed by atoms with Crippen LogP contribution < -0.4 is 4.90 Å². The number of hydrogen-bond donors (Lipinski definition) is 0. The molecule has 0 unspecified atom stereocenters. The Morgan fingerprint density at radius 1 is 0.377 bits per heavy atom. The van der Waals surface area contributed by atoms with Crippen molar-refractivity contribution >= 4 is 92.1 Å². The number of anilines is 3. The lowest BCUT2D eigenvalue weighted by Gasteiger charge is -2.28. The van der Waals surface area contributed by atoms with E-state index in [4.69, 9.17) is 4.42 Å². The Balaban J connectivity index is 1.10. The van der Waals surface area contributed by atoms with Gasteiger partial charge in [-0.1, -0.05) is 127 Å². The third-order valence-corrected chi connectivity index (χ3v) is 11.8. The molecular formula is C50H31NOS. The van der Waals surface area contributed by atoms with Gasteiger partial charge in [-0.3, -0.25) is 0 Å². The van der Waals surface area contributed by atoms with Crippen LogP contribution in [0.3, 0.4) is 0 Å². The summed E-state index contributed by atoms with van der Waals surface area (Å²) in [6.45, 7) is 0. The predicted molar refractivity (Wildman–Crippen MR) is 227 cm³/mol. The van der Waals surface area contributed by atoms with Gasteiger partial charge in [0.05, 0.1) is 5.69 Å². The lowest BCUT2D eigenvalue weighted by molar-refractivity contribution is 0.672. The second-order valence-electron chi connectivity index (χ2n) is 13.7. The van der Waals surface area contributed by atoms with E-state index in [1.165, 1.54) is 47.5 Å². The van der Waals surface area contributed by atoms with Crippen molar-refractivity contribution in [2.24, 2.45) is 0 Å². The minimum Gasteiger partial charge on any atom is -0.455 e. The van der Waals surface area contributed by atoms with Crippen molar-refractivity contribution in [2.75, 3.05) is 4.90 Å². The van der Waals surface area contributed by atoms with Gasteiger partial charge in [0, 0.05) is 53.3 Å². The number of furan rings is 1. The summed E-state index contributed by atoms with van der Waals surface area (Å²) in [5, 5.41) is 9.64. The van der Waals surface area contributed by atoms with Gasteiger partial charge >= 0.3 is 0 Å². The molecule has 0 atom stereocenters. The molecule has 0 amide bonds. The van der Waals surface area contributed by atoms with Gasteiger partial charge in [-0.2, -0.15) is 0 Å². The zero-order valence-corrected chi connectivity index (χ0v) is 29.5. The molecule has 53 heavy (non-hydrogen) atoms. The maximum Gasteiger partial charge on any atom is 0.143 e. The average molecular weight is 694 g/mol. The number of nitrogens with zero attached hydrogens (tertiary/aromatic N) is 1. The first-order valence-corrected chi connectivity index (χ1v) is 18.8. The molecule has 0 saturated heterocycles. The SMILES string of the molecule is c1ccc(N(c2ccc(-c3cccc4ccccc34)cc2)c2ccc3sc4ccccc4c3c2)c(-c2ccc3oc4c5ccccc5ccc4c3c2)c1. The Kier molecular flexibility index (Phi) is 6.76. The molecule has 9 aromatic carbocycles. The maximum atomic E-state index is 6.51. The van der Waals surface area contributed by atoms with Crippen molar-refractivity contribution < 1.29 is 4.42 Å². The van der Waals surface area contributed by atoms with E-state index in [-0.39, 0.29) is 0 Å². The fraction of sp³-hybridized carbons (Fsp3) is 0. The van der Waals surface area contributed by atoms with Crippen LogP contribution in [0.2, 0.25) is 0 Å². The third-order valence-electron chi connectivity index (χ3n) is 10.7. The fourth-order valence-electron chi connectivity index (χ4n) is 8.13. The van der Waals surface area contributed by atoms with Crippen molar-refractivity contribution in [1.82, 2.24) is 0 Å². The summed E-state index contributed by atoms with van der Waals surface area (Å²) in [6, 6.07) is 68.1. The molecule has 248 valence electrons. The van der Waals surface area contributed by atoms with Crippen LogP contribution in [0.1, 0.15) is 0 Å². The van der Waals surface area contributed by atoms with Gasteiger partial charge < -0.3 is 9.32 Å².